The molecule has 1 atom stereocenters. The molecule has 1 saturated heterocycles. The average Bonchev–Trinajstić information content (AvgIpc) is 2.68. The maximum Gasteiger partial charge on any atom is 0.251 e. The Kier molecular flexibility index (Phi) is 5.82. The first-order valence-corrected chi connectivity index (χ1v) is 9.39. The number of piperidine rings is 1. The van der Waals surface area contributed by atoms with Crippen molar-refractivity contribution in [2.45, 2.75) is 39.2 Å². The molecule has 0 spiro atoms. The lowest BCUT2D eigenvalue weighted by molar-refractivity contribution is 0.0940. The zero-order valence-corrected chi connectivity index (χ0v) is 15.9. The second-order valence-corrected chi connectivity index (χ2v) is 7.02. The molecule has 2 aromatic rings. The summed E-state index contributed by atoms with van der Waals surface area (Å²) in [6, 6.07) is 14.0. The Bertz CT molecular complexity index is 749. The monoisotopic (exact) mass is 352 g/mol. The topological polar surface area (TPSA) is 41.6 Å². The van der Waals surface area contributed by atoms with Crippen LogP contribution >= 0.6 is 0 Å². The highest BCUT2D eigenvalue weighted by Gasteiger charge is 2.14. The highest BCUT2D eigenvalue weighted by molar-refractivity contribution is 5.94. The van der Waals surface area contributed by atoms with E-state index in [9.17, 15) is 4.79 Å². The Balaban J connectivity index is 1.64. The zero-order valence-electron chi connectivity index (χ0n) is 15.9. The van der Waals surface area contributed by atoms with Crippen LogP contribution in [0.25, 0.3) is 0 Å². The van der Waals surface area contributed by atoms with E-state index in [4.69, 9.17) is 4.74 Å². The van der Waals surface area contributed by atoms with E-state index in [1.165, 1.54) is 24.9 Å². The smallest absolute Gasteiger partial charge is 0.251 e. The van der Waals surface area contributed by atoms with Crippen molar-refractivity contribution in [2.24, 2.45) is 0 Å². The fourth-order valence-corrected chi connectivity index (χ4v) is 3.51. The quantitative estimate of drug-likeness (QED) is 0.862. The second-order valence-electron chi connectivity index (χ2n) is 7.02. The molecule has 138 valence electrons. The largest absolute Gasteiger partial charge is 0.496 e. The number of ether oxygens (including phenoxy) is 1. The number of methoxy groups -OCH3 is 1. The molecule has 1 fully saturated rings. The van der Waals surface area contributed by atoms with Crippen LogP contribution in [0, 0.1) is 6.92 Å². The number of benzene rings is 2. The van der Waals surface area contributed by atoms with E-state index in [-0.39, 0.29) is 11.9 Å². The van der Waals surface area contributed by atoms with E-state index in [0.717, 1.165) is 30.0 Å². The first-order chi connectivity index (χ1) is 12.6. The summed E-state index contributed by atoms with van der Waals surface area (Å²) in [4.78, 5) is 15.0. The minimum atomic E-state index is -0.0663. The number of carbonyl (C=O) groups is 1. The molecule has 1 amide bonds. The standard InChI is InChI=1S/C22H28N2O2/c1-16-15-19(9-12-21(16)26-3)22(25)23-17(2)18-7-10-20(11-8-18)24-13-5-4-6-14-24/h7-12,15,17H,4-6,13-14H2,1-3H3,(H,23,25)/t17-/m0/s1. The number of hydrogen-bond donors (Lipinski definition) is 1. The van der Waals surface area contributed by atoms with Crippen LogP contribution in [0.1, 0.15) is 53.7 Å². The van der Waals surface area contributed by atoms with Crippen molar-refractivity contribution in [1.82, 2.24) is 5.32 Å². The maximum atomic E-state index is 12.5. The predicted octanol–water partition coefficient (Wildman–Crippen LogP) is 4.48. The van der Waals surface area contributed by atoms with Crippen LogP contribution in [0.3, 0.4) is 0 Å². The van der Waals surface area contributed by atoms with Crippen molar-refractivity contribution in [1.29, 1.82) is 0 Å². The molecule has 1 aliphatic heterocycles. The van der Waals surface area contributed by atoms with Crippen molar-refractivity contribution in [2.75, 3.05) is 25.1 Å². The number of nitrogens with zero attached hydrogens (tertiary/aromatic N) is 1. The molecule has 0 saturated carbocycles. The van der Waals surface area contributed by atoms with E-state index in [1.807, 2.05) is 26.0 Å². The Morgan fingerprint density at radius 3 is 2.38 bits per heavy atom. The van der Waals surface area contributed by atoms with Gasteiger partial charge in [0.15, 0.2) is 0 Å². The number of amides is 1. The molecule has 0 bridgehead atoms. The SMILES string of the molecule is COc1ccc(C(=O)N[C@@H](C)c2ccc(N3CCCCC3)cc2)cc1C. The third-order valence-corrected chi connectivity index (χ3v) is 5.12. The van der Waals surface area contributed by atoms with Gasteiger partial charge in [-0.05, 0) is 74.6 Å². The predicted molar refractivity (Wildman–Crippen MR) is 106 cm³/mol. The van der Waals surface area contributed by atoms with Gasteiger partial charge in [-0.2, -0.15) is 0 Å². The van der Waals surface area contributed by atoms with Crippen LogP contribution in [0.5, 0.6) is 5.75 Å². The normalized spacial score (nSPS) is 15.4. The van der Waals surface area contributed by atoms with Crippen molar-refractivity contribution in [3.05, 3.63) is 59.2 Å². The van der Waals surface area contributed by atoms with Gasteiger partial charge in [-0.1, -0.05) is 12.1 Å². The molecule has 4 heteroatoms. The summed E-state index contributed by atoms with van der Waals surface area (Å²) in [7, 11) is 1.64. The van der Waals surface area contributed by atoms with Crippen LogP contribution < -0.4 is 15.0 Å². The molecular weight excluding hydrogens is 324 g/mol. The second kappa shape index (κ2) is 8.26. The Hall–Kier alpha value is -2.49. The first-order valence-electron chi connectivity index (χ1n) is 9.39. The molecule has 1 aliphatic rings. The van der Waals surface area contributed by atoms with Gasteiger partial charge in [-0.25, -0.2) is 0 Å². The number of anilines is 1. The summed E-state index contributed by atoms with van der Waals surface area (Å²) in [5.74, 6) is 0.728. The summed E-state index contributed by atoms with van der Waals surface area (Å²) in [5.41, 5.74) is 4.00. The van der Waals surface area contributed by atoms with E-state index >= 15 is 0 Å². The highest BCUT2D eigenvalue weighted by Crippen LogP contribution is 2.23. The molecule has 0 aliphatic carbocycles. The minimum Gasteiger partial charge on any atom is -0.496 e. The molecule has 3 rings (SSSR count). The number of carbonyl (C=O) groups excluding carboxylic acids is 1. The number of aryl methyl sites for hydroxylation is 1. The Morgan fingerprint density at radius 1 is 1.08 bits per heavy atom. The van der Waals surface area contributed by atoms with Gasteiger partial charge in [0, 0.05) is 24.3 Å². The number of nitrogens with one attached hydrogen (secondary N) is 1. The van der Waals surface area contributed by atoms with E-state index in [0.29, 0.717) is 5.56 Å². The van der Waals surface area contributed by atoms with Crippen LogP contribution in [-0.2, 0) is 0 Å². The van der Waals surface area contributed by atoms with Crippen LogP contribution in [0.4, 0.5) is 5.69 Å². The third kappa shape index (κ3) is 4.18. The molecule has 26 heavy (non-hydrogen) atoms. The van der Waals surface area contributed by atoms with Gasteiger partial charge in [-0.3, -0.25) is 4.79 Å². The molecule has 0 unspecified atom stereocenters. The average molecular weight is 352 g/mol. The van der Waals surface area contributed by atoms with Gasteiger partial charge in [0.25, 0.3) is 5.91 Å². The van der Waals surface area contributed by atoms with Gasteiger partial charge in [0.1, 0.15) is 5.75 Å². The molecule has 0 radical (unpaired) electrons. The van der Waals surface area contributed by atoms with Gasteiger partial charge >= 0.3 is 0 Å². The van der Waals surface area contributed by atoms with Crippen molar-refractivity contribution < 1.29 is 9.53 Å². The highest BCUT2D eigenvalue weighted by atomic mass is 16.5. The summed E-state index contributed by atoms with van der Waals surface area (Å²) in [5, 5.41) is 3.08. The molecule has 4 nitrogen and oxygen atoms in total. The van der Waals surface area contributed by atoms with Crippen molar-refractivity contribution in [3.8, 4) is 5.75 Å². The Labute approximate surface area is 156 Å². The Morgan fingerprint density at radius 2 is 1.77 bits per heavy atom. The summed E-state index contributed by atoms with van der Waals surface area (Å²) < 4.78 is 5.26. The fraction of sp³-hybridized carbons (Fsp3) is 0.409. The summed E-state index contributed by atoms with van der Waals surface area (Å²) in [6.07, 6.45) is 3.88. The molecular formula is C22H28N2O2. The lowest BCUT2D eigenvalue weighted by Crippen LogP contribution is -2.29. The van der Waals surface area contributed by atoms with Crippen LogP contribution in [-0.4, -0.2) is 26.1 Å². The maximum absolute atomic E-state index is 12.5. The molecule has 0 aromatic heterocycles. The summed E-state index contributed by atoms with van der Waals surface area (Å²) in [6.45, 7) is 6.24. The molecule has 1 heterocycles. The van der Waals surface area contributed by atoms with Crippen molar-refractivity contribution >= 4 is 11.6 Å². The fourth-order valence-electron chi connectivity index (χ4n) is 3.51. The lowest BCUT2D eigenvalue weighted by Gasteiger charge is -2.29. The third-order valence-electron chi connectivity index (χ3n) is 5.12. The van der Waals surface area contributed by atoms with Crippen molar-refractivity contribution in [3.63, 3.8) is 0 Å². The van der Waals surface area contributed by atoms with E-state index in [2.05, 4.69) is 34.5 Å². The number of rotatable bonds is 5. The van der Waals surface area contributed by atoms with Crippen LogP contribution in [0.2, 0.25) is 0 Å². The van der Waals surface area contributed by atoms with E-state index < -0.39 is 0 Å². The first kappa shape index (κ1) is 18.3. The van der Waals surface area contributed by atoms with Gasteiger partial charge < -0.3 is 15.0 Å². The molecule has 1 N–H and O–H groups in total. The van der Waals surface area contributed by atoms with Gasteiger partial charge in [-0.15, -0.1) is 0 Å². The zero-order chi connectivity index (χ0) is 18.5. The van der Waals surface area contributed by atoms with Crippen LogP contribution in [0.15, 0.2) is 42.5 Å². The van der Waals surface area contributed by atoms with E-state index in [1.54, 1.807) is 13.2 Å². The minimum absolute atomic E-state index is 0.0414. The number of hydrogen-bond acceptors (Lipinski definition) is 3. The lowest BCUT2D eigenvalue weighted by atomic mass is 10.0. The van der Waals surface area contributed by atoms with Gasteiger partial charge in [0.05, 0.1) is 13.2 Å². The molecule has 2 aromatic carbocycles. The summed E-state index contributed by atoms with van der Waals surface area (Å²) >= 11 is 0. The van der Waals surface area contributed by atoms with Gasteiger partial charge in [0.2, 0.25) is 0 Å².